The molecule has 1 aromatic rings. The van der Waals surface area contributed by atoms with Crippen LogP contribution in [-0.2, 0) is 19.6 Å². The number of carbonyl (C=O) groups is 2. The Balaban J connectivity index is 2.30. The van der Waals surface area contributed by atoms with Crippen LogP contribution >= 0.6 is 11.6 Å². The number of benzene rings is 1. The highest BCUT2D eigenvalue weighted by atomic mass is 35.5. The van der Waals surface area contributed by atoms with Gasteiger partial charge in [-0.3, -0.25) is 4.79 Å². The van der Waals surface area contributed by atoms with Crippen molar-refractivity contribution in [2.75, 3.05) is 26.7 Å². The molecule has 10 heteroatoms. The lowest BCUT2D eigenvalue weighted by atomic mass is 10.1. The second kappa shape index (κ2) is 9.20. The SMILES string of the molecule is CNC(=O)OCCN([C@@H]1CCCCNC1=O)S(=O)(=O)c1ccc(Cl)cc1. The average molecular weight is 404 g/mol. The highest BCUT2D eigenvalue weighted by Gasteiger charge is 2.36. The van der Waals surface area contributed by atoms with Gasteiger partial charge in [0.25, 0.3) is 0 Å². The number of ether oxygens (including phenoxy) is 1. The van der Waals surface area contributed by atoms with Crippen LogP contribution in [0.2, 0.25) is 5.02 Å². The van der Waals surface area contributed by atoms with Gasteiger partial charge < -0.3 is 15.4 Å². The number of amides is 2. The number of hydrogen-bond donors (Lipinski definition) is 2. The van der Waals surface area contributed by atoms with E-state index in [9.17, 15) is 18.0 Å². The molecule has 144 valence electrons. The van der Waals surface area contributed by atoms with E-state index in [1.807, 2.05) is 0 Å². The van der Waals surface area contributed by atoms with E-state index in [-0.39, 0.29) is 24.0 Å². The van der Waals surface area contributed by atoms with Gasteiger partial charge in [-0.25, -0.2) is 13.2 Å². The van der Waals surface area contributed by atoms with Gasteiger partial charge in [0.05, 0.1) is 4.90 Å². The number of halogens is 1. The fourth-order valence-corrected chi connectivity index (χ4v) is 4.41. The van der Waals surface area contributed by atoms with Crippen molar-refractivity contribution in [2.45, 2.75) is 30.2 Å². The Bertz CT molecular complexity index is 739. The number of sulfonamides is 1. The van der Waals surface area contributed by atoms with Gasteiger partial charge in [-0.1, -0.05) is 11.6 Å². The lowest BCUT2D eigenvalue weighted by Gasteiger charge is -2.28. The van der Waals surface area contributed by atoms with Crippen molar-refractivity contribution in [1.82, 2.24) is 14.9 Å². The Morgan fingerprint density at radius 1 is 1.35 bits per heavy atom. The van der Waals surface area contributed by atoms with Crippen LogP contribution in [0.3, 0.4) is 0 Å². The van der Waals surface area contributed by atoms with Crippen molar-refractivity contribution in [1.29, 1.82) is 0 Å². The van der Waals surface area contributed by atoms with Crippen LogP contribution in [0, 0.1) is 0 Å². The summed E-state index contributed by atoms with van der Waals surface area (Å²) in [6.07, 6.45) is 1.23. The quantitative estimate of drug-likeness (QED) is 0.746. The second-order valence-electron chi connectivity index (χ2n) is 5.76. The van der Waals surface area contributed by atoms with Gasteiger partial charge >= 0.3 is 6.09 Å². The van der Waals surface area contributed by atoms with Crippen molar-refractivity contribution in [3.8, 4) is 0 Å². The van der Waals surface area contributed by atoms with Crippen molar-refractivity contribution >= 4 is 33.6 Å². The molecule has 2 rings (SSSR count). The number of carbonyl (C=O) groups excluding carboxylic acids is 2. The first-order valence-electron chi connectivity index (χ1n) is 8.26. The molecule has 8 nitrogen and oxygen atoms in total. The molecule has 1 aromatic carbocycles. The Morgan fingerprint density at radius 3 is 2.69 bits per heavy atom. The van der Waals surface area contributed by atoms with E-state index in [4.69, 9.17) is 16.3 Å². The first-order chi connectivity index (χ1) is 12.4. The van der Waals surface area contributed by atoms with Crippen LogP contribution < -0.4 is 10.6 Å². The molecule has 0 unspecified atom stereocenters. The van der Waals surface area contributed by atoms with E-state index >= 15 is 0 Å². The Labute approximate surface area is 157 Å². The Hall–Kier alpha value is -1.84. The maximum absolute atomic E-state index is 13.1. The Morgan fingerprint density at radius 2 is 2.04 bits per heavy atom. The van der Waals surface area contributed by atoms with Gasteiger partial charge in [0.15, 0.2) is 0 Å². The van der Waals surface area contributed by atoms with Crippen LogP contribution in [0.5, 0.6) is 0 Å². The smallest absolute Gasteiger partial charge is 0.406 e. The first-order valence-corrected chi connectivity index (χ1v) is 10.1. The van der Waals surface area contributed by atoms with Gasteiger partial charge in [-0.15, -0.1) is 0 Å². The molecule has 1 aliphatic rings. The molecule has 0 saturated carbocycles. The number of rotatable bonds is 6. The predicted molar refractivity (Wildman–Crippen MR) is 96.4 cm³/mol. The van der Waals surface area contributed by atoms with Crippen molar-refractivity contribution in [2.24, 2.45) is 0 Å². The van der Waals surface area contributed by atoms with Gasteiger partial charge in [-0.05, 0) is 43.5 Å². The summed E-state index contributed by atoms with van der Waals surface area (Å²) in [5.41, 5.74) is 0. The molecule has 1 heterocycles. The number of nitrogens with one attached hydrogen (secondary N) is 2. The molecule has 1 fully saturated rings. The summed E-state index contributed by atoms with van der Waals surface area (Å²) in [6, 6.07) is 4.87. The van der Waals surface area contributed by atoms with E-state index < -0.39 is 22.2 Å². The topological polar surface area (TPSA) is 105 Å². The predicted octanol–water partition coefficient (Wildman–Crippen LogP) is 1.36. The molecule has 1 atom stereocenters. The maximum Gasteiger partial charge on any atom is 0.406 e. The van der Waals surface area contributed by atoms with E-state index in [1.54, 1.807) is 0 Å². The largest absolute Gasteiger partial charge is 0.448 e. The van der Waals surface area contributed by atoms with Gasteiger partial charge in [0.2, 0.25) is 15.9 Å². The summed E-state index contributed by atoms with van der Waals surface area (Å²) in [5.74, 6) is -0.347. The van der Waals surface area contributed by atoms with Crippen LogP contribution in [0.25, 0.3) is 0 Å². The molecule has 0 spiro atoms. The summed E-state index contributed by atoms with van der Waals surface area (Å²) in [7, 11) is -2.56. The summed E-state index contributed by atoms with van der Waals surface area (Å²) >= 11 is 5.83. The minimum atomic E-state index is -3.97. The summed E-state index contributed by atoms with van der Waals surface area (Å²) < 4.78 is 32.2. The van der Waals surface area contributed by atoms with Crippen molar-refractivity contribution in [3.05, 3.63) is 29.3 Å². The molecule has 0 aromatic heterocycles. The van der Waals surface area contributed by atoms with E-state index in [0.29, 0.717) is 24.4 Å². The van der Waals surface area contributed by atoms with Crippen molar-refractivity contribution in [3.63, 3.8) is 0 Å². The fraction of sp³-hybridized carbons (Fsp3) is 0.500. The van der Waals surface area contributed by atoms with Gasteiger partial charge in [-0.2, -0.15) is 4.31 Å². The molecule has 0 bridgehead atoms. The van der Waals surface area contributed by atoms with E-state index in [0.717, 1.165) is 10.7 Å². The summed E-state index contributed by atoms with van der Waals surface area (Å²) in [4.78, 5) is 23.7. The number of hydrogen-bond acceptors (Lipinski definition) is 5. The normalized spacial score (nSPS) is 18.1. The average Bonchev–Trinajstić information content (AvgIpc) is 2.83. The molecular weight excluding hydrogens is 382 g/mol. The third-order valence-corrected chi connectivity index (χ3v) is 6.20. The molecule has 0 radical (unpaired) electrons. The zero-order valence-corrected chi connectivity index (χ0v) is 16.0. The first kappa shape index (κ1) is 20.5. The van der Waals surface area contributed by atoms with Crippen LogP contribution in [0.4, 0.5) is 4.79 Å². The molecule has 0 aliphatic carbocycles. The van der Waals surface area contributed by atoms with Gasteiger partial charge in [0, 0.05) is 25.2 Å². The minimum Gasteiger partial charge on any atom is -0.448 e. The summed E-state index contributed by atoms with van der Waals surface area (Å²) in [5, 5.41) is 5.43. The third-order valence-electron chi connectivity index (χ3n) is 4.02. The molecule has 2 N–H and O–H groups in total. The molecule has 2 amide bonds. The lowest BCUT2D eigenvalue weighted by Crippen LogP contribution is -2.50. The van der Waals surface area contributed by atoms with E-state index in [2.05, 4.69) is 10.6 Å². The fourth-order valence-electron chi connectivity index (χ4n) is 2.68. The van der Waals surface area contributed by atoms with E-state index in [1.165, 1.54) is 31.3 Å². The maximum atomic E-state index is 13.1. The molecule has 1 aliphatic heterocycles. The molecular formula is C16H22ClN3O5S. The van der Waals surface area contributed by atoms with Crippen LogP contribution in [-0.4, -0.2) is 57.5 Å². The highest BCUT2D eigenvalue weighted by molar-refractivity contribution is 7.89. The minimum absolute atomic E-state index is 0.0267. The summed E-state index contributed by atoms with van der Waals surface area (Å²) in [6.45, 7) is 0.214. The lowest BCUT2D eigenvalue weighted by molar-refractivity contribution is -0.124. The molecule has 1 saturated heterocycles. The van der Waals surface area contributed by atoms with Gasteiger partial charge in [0.1, 0.15) is 12.6 Å². The van der Waals surface area contributed by atoms with Crippen LogP contribution in [0.1, 0.15) is 19.3 Å². The monoisotopic (exact) mass is 403 g/mol. The number of nitrogens with zero attached hydrogens (tertiary/aromatic N) is 1. The zero-order chi connectivity index (χ0) is 19.2. The number of alkyl carbamates (subject to hydrolysis) is 1. The highest BCUT2D eigenvalue weighted by Crippen LogP contribution is 2.23. The zero-order valence-electron chi connectivity index (χ0n) is 14.4. The Kier molecular flexibility index (Phi) is 7.24. The standard InChI is InChI=1S/C16H22ClN3O5S/c1-18-16(22)25-11-10-20(14-4-2-3-9-19-15(14)21)26(23,24)13-7-5-12(17)6-8-13/h5-8,14H,2-4,9-11H2,1H3,(H,18,22)(H,19,21)/t14-/m1/s1. The van der Waals surface area contributed by atoms with Crippen LogP contribution in [0.15, 0.2) is 29.2 Å². The van der Waals surface area contributed by atoms with Crippen molar-refractivity contribution < 1.29 is 22.7 Å². The second-order valence-corrected chi connectivity index (χ2v) is 8.09. The molecule has 26 heavy (non-hydrogen) atoms. The third kappa shape index (κ3) is 5.09.